The maximum atomic E-state index is 9.92. The van der Waals surface area contributed by atoms with E-state index in [1.165, 1.54) is 0 Å². The molecule has 0 amide bonds. The van der Waals surface area contributed by atoms with Crippen LogP contribution in [0.4, 0.5) is 5.69 Å². The number of aromatic nitrogens is 2. The fourth-order valence-electron chi connectivity index (χ4n) is 2.65. The van der Waals surface area contributed by atoms with Crippen LogP contribution in [0.3, 0.4) is 0 Å². The molecule has 5 nitrogen and oxygen atoms in total. The van der Waals surface area contributed by atoms with E-state index in [1.807, 2.05) is 29.8 Å². The van der Waals surface area contributed by atoms with Gasteiger partial charge in [0, 0.05) is 33.2 Å². The predicted octanol–water partition coefficient (Wildman–Crippen LogP) is 2.10. The standard InChI is InChI=1S/C15H19ClN4O/c1-18-14(16)10-17-15(18)11-19-6-8-20(9-7-19)12-4-2-3-5-13(12)21/h2-5,10,21H,6-9,11H2,1H3. The summed E-state index contributed by atoms with van der Waals surface area (Å²) in [6.07, 6.45) is 1.69. The smallest absolute Gasteiger partial charge is 0.138 e. The normalized spacial score (nSPS) is 16.4. The minimum Gasteiger partial charge on any atom is -0.506 e. The number of anilines is 1. The number of para-hydroxylation sites is 2. The molecule has 0 atom stereocenters. The molecule has 1 aromatic heterocycles. The van der Waals surface area contributed by atoms with Gasteiger partial charge in [-0.3, -0.25) is 4.90 Å². The van der Waals surface area contributed by atoms with Crippen molar-refractivity contribution in [1.82, 2.24) is 14.5 Å². The topological polar surface area (TPSA) is 44.5 Å². The highest BCUT2D eigenvalue weighted by atomic mass is 35.5. The van der Waals surface area contributed by atoms with Crippen molar-refractivity contribution < 1.29 is 5.11 Å². The summed E-state index contributed by atoms with van der Waals surface area (Å²) in [5.41, 5.74) is 0.914. The Labute approximate surface area is 129 Å². The Balaban J connectivity index is 1.61. The van der Waals surface area contributed by atoms with Gasteiger partial charge in [-0.2, -0.15) is 0 Å². The fraction of sp³-hybridized carbons (Fsp3) is 0.400. The number of piperazine rings is 1. The quantitative estimate of drug-likeness (QED) is 0.943. The van der Waals surface area contributed by atoms with Crippen molar-refractivity contribution in [3.63, 3.8) is 0 Å². The van der Waals surface area contributed by atoms with Crippen LogP contribution in [0.1, 0.15) is 5.82 Å². The fourth-order valence-corrected chi connectivity index (χ4v) is 2.80. The monoisotopic (exact) mass is 306 g/mol. The summed E-state index contributed by atoms with van der Waals surface area (Å²) >= 11 is 6.01. The first kappa shape index (κ1) is 14.2. The number of rotatable bonds is 3. The zero-order valence-electron chi connectivity index (χ0n) is 12.0. The first-order valence-corrected chi connectivity index (χ1v) is 7.44. The molecule has 1 aromatic carbocycles. The molecule has 21 heavy (non-hydrogen) atoms. The van der Waals surface area contributed by atoms with Crippen LogP contribution in [0.2, 0.25) is 5.15 Å². The second-order valence-corrected chi connectivity index (χ2v) is 5.70. The van der Waals surface area contributed by atoms with Crippen molar-refractivity contribution in [3.8, 4) is 5.75 Å². The van der Waals surface area contributed by atoms with Gasteiger partial charge in [0.15, 0.2) is 0 Å². The average molecular weight is 307 g/mol. The molecule has 0 spiro atoms. The van der Waals surface area contributed by atoms with Crippen LogP contribution >= 0.6 is 11.6 Å². The van der Waals surface area contributed by atoms with Gasteiger partial charge in [-0.15, -0.1) is 0 Å². The molecule has 0 unspecified atom stereocenters. The van der Waals surface area contributed by atoms with Gasteiger partial charge in [0.25, 0.3) is 0 Å². The van der Waals surface area contributed by atoms with Crippen LogP contribution in [0.5, 0.6) is 5.75 Å². The van der Waals surface area contributed by atoms with Crippen molar-refractivity contribution in [3.05, 3.63) is 41.4 Å². The van der Waals surface area contributed by atoms with E-state index in [0.29, 0.717) is 10.9 Å². The largest absolute Gasteiger partial charge is 0.506 e. The SMILES string of the molecule is Cn1c(Cl)cnc1CN1CCN(c2ccccc2O)CC1. The Hall–Kier alpha value is -1.72. The number of aromatic hydroxyl groups is 1. The Bertz CT molecular complexity index is 620. The number of imidazole rings is 1. The number of benzene rings is 1. The van der Waals surface area contributed by atoms with Crippen LogP contribution in [0.25, 0.3) is 0 Å². The van der Waals surface area contributed by atoms with E-state index >= 15 is 0 Å². The van der Waals surface area contributed by atoms with Gasteiger partial charge in [-0.1, -0.05) is 23.7 Å². The number of halogens is 1. The van der Waals surface area contributed by atoms with Crippen LogP contribution in [-0.2, 0) is 13.6 Å². The van der Waals surface area contributed by atoms with Crippen molar-refractivity contribution in [2.75, 3.05) is 31.1 Å². The lowest BCUT2D eigenvalue weighted by atomic mass is 10.2. The lowest BCUT2D eigenvalue weighted by Gasteiger charge is -2.36. The molecular formula is C15H19ClN4O. The molecule has 1 aliphatic rings. The number of nitrogens with zero attached hydrogens (tertiary/aromatic N) is 4. The zero-order chi connectivity index (χ0) is 14.8. The molecular weight excluding hydrogens is 288 g/mol. The summed E-state index contributed by atoms with van der Waals surface area (Å²) in [6.45, 7) is 4.49. The molecule has 112 valence electrons. The molecule has 1 saturated heterocycles. The van der Waals surface area contributed by atoms with Gasteiger partial charge in [0.05, 0.1) is 18.4 Å². The molecule has 0 aliphatic carbocycles. The van der Waals surface area contributed by atoms with Crippen molar-refractivity contribution >= 4 is 17.3 Å². The van der Waals surface area contributed by atoms with Crippen LogP contribution < -0.4 is 4.90 Å². The third-order valence-corrected chi connectivity index (χ3v) is 4.34. The van der Waals surface area contributed by atoms with E-state index in [2.05, 4.69) is 14.8 Å². The minimum absolute atomic E-state index is 0.349. The summed E-state index contributed by atoms with van der Waals surface area (Å²) < 4.78 is 1.91. The van der Waals surface area contributed by atoms with Crippen molar-refractivity contribution in [1.29, 1.82) is 0 Å². The highest BCUT2D eigenvalue weighted by Gasteiger charge is 2.20. The first-order valence-electron chi connectivity index (χ1n) is 7.06. The van der Waals surface area contributed by atoms with Crippen molar-refractivity contribution in [2.24, 2.45) is 7.05 Å². The van der Waals surface area contributed by atoms with E-state index in [-0.39, 0.29) is 0 Å². The molecule has 0 bridgehead atoms. The second kappa shape index (κ2) is 5.95. The number of hydrogen-bond acceptors (Lipinski definition) is 4. The van der Waals surface area contributed by atoms with E-state index in [4.69, 9.17) is 11.6 Å². The summed E-state index contributed by atoms with van der Waals surface area (Å²) in [5.74, 6) is 1.33. The van der Waals surface area contributed by atoms with E-state index < -0.39 is 0 Å². The van der Waals surface area contributed by atoms with E-state index in [9.17, 15) is 5.11 Å². The average Bonchev–Trinajstić information content (AvgIpc) is 2.81. The first-order chi connectivity index (χ1) is 10.1. The number of phenols is 1. The Morgan fingerprint density at radius 3 is 2.52 bits per heavy atom. The molecule has 2 aromatic rings. The maximum Gasteiger partial charge on any atom is 0.138 e. The van der Waals surface area contributed by atoms with Gasteiger partial charge in [0.1, 0.15) is 16.7 Å². The van der Waals surface area contributed by atoms with E-state index in [1.54, 1.807) is 12.3 Å². The molecule has 1 N–H and O–H groups in total. The van der Waals surface area contributed by atoms with Gasteiger partial charge in [-0.05, 0) is 12.1 Å². The molecule has 3 rings (SSSR count). The number of phenolic OH excluding ortho intramolecular Hbond substituents is 1. The van der Waals surface area contributed by atoms with E-state index in [0.717, 1.165) is 44.2 Å². The Morgan fingerprint density at radius 1 is 1.19 bits per heavy atom. The molecule has 2 heterocycles. The molecule has 1 fully saturated rings. The highest BCUT2D eigenvalue weighted by Crippen LogP contribution is 2.27. The van der Waals surface area contributed by atoms with Gasteiger partial charge < -0.3 is 14.6 Å². The molecule has 1 aliphatic heterocycles. The van der Waals surface area contributed by atoms with Gasteiger partial charge >= 0.3 is 0 Å². The molecule has 6 heteroatoms. The Morgan fingerprint density at radius 2 is 1.90 bits per heavy atom. The lowest BCUT2D eigenvalue weighted by molar-refractivity contribution is 0.241. The summed E-state index contributed by atoms with van der Waals surface area (Å²) in [5, 5.41) is 10.6. The zero-order valence-corrected chi connectivity index (χ0v) is 12.8. The summed E-state index contributed by atoms with van der Waals surface area (Å²) in [4.78, 5) is 8.91. The second-order valence-electron chi connectivity index (χ2n) is 5.31. The maximum absolute atomic E-state index is 9.92. The predicted molar refractivity (Wildman–Crippen MR) is 83.8 cm³/mol. The van der Waals surface area contributed by atoms with Gasteiger partial charge in [-0.25, -0.2) is 4.98 Å². The molecule has 0 saturated carbocycles. The number of hydrogen-bond donors (Lipinski definition) is 1. The highest BCUT2D eigenvalue weighted by molar-refractivity contribution is 6.29. The van der Waals surface area contributed by atoms with Crippen LogP contribution in [-0.4, -0.2) is 45.7 Å². The lowest BCUT2D eigenvalue weighted by Crippen LogP contribution is -2.46. The minimum atomic E-state index is 0.349. The summed E-state index contributed by atoms with van der Waals surface area (Å²) in [7, 11) is 1.93. The Kier molecular flexibility index (Phi) is 4.03. The van der Waals surface area contributed by atoms with Crippen LogP contribution in [0.15, 0.2) is 30.5 Å². The van der Waals surface area contributed by atoms with Gasteiger partial charge in [0.2, 0.25) is 0 Å². The summed E-state index contributed by atoms with van der Waals surface area (Å²) in [6, 6.07) is 7.50. The third kappa shape index (κ3) is 2.99. The van der Waals surface area contributed by atoms with Crippen LogP contribution in [0, 0.1) is 0 Å². The molecule has 0 radical (unpaired) electrons. The van der Waals surface area contributed by atoms with Crippen molar-refractivity contribution in [2.45, 2.75) is 6.54 Å². The third-order valence-electron chi connectivity index (χ3n) is 3.99.